The third kappa shape index (κ3) is 2.32. The minimum atomic E-state index is 0.495. The summed E-state index contributed by atoms with van der Waals surface area (Å²) in [5, 5.41) is 4.87. The average molecular weight is 226 g/mol. The van der Waals surface area contributed by atoms with Gasteiger partial charge < -0.3 is 5.32 Å². The Hall–Kier alpha value is -1.41. The maximum atomic E-state index is 4.55. The molecule has 2 nitrogen and oxygen atoms in total. The summed E-state index contributed by atoms with van der Waals surface area (Å²) >= 11 is 0. The van der Waals surface area contributed by atoms with Gasteiger partial charge >= 0.3 is 0 Å². The Morgan fingerprint density at radius 1 is 1.12 bits per heavy atom. The van der Waals surface area contributed by atoms with Crippen LogP contribution in [0.15, 0.2) is 36.5 Å². The van der Waals surface area contributed by atoms with E-state index in [0.717, 1.165) is 12.1 Å². The molecule has 0 spiro atoms. The van der Waals surface area contributed by atoms with Gasteiger partial charge in [0.1, 0.15) is 0 Å². The summed E-state index contributed by atoms with van der Waals surface area (Å²) in [6.07, 6.45) is 7.25. The minimum absolute atomic E-state index is 0.495. The highest BCUT2D eigenvalue weighted by Gasteiger charge is 2.13. The lowest BCUT2D eigenvalue weighted by atomic mass is 10.0. The van der Waals surface area contributed by atoms with Gasteiger partial charge in [-0.3, -0.25) is 4.98 Å². The molecule has 2 aromatic rings. The first-order valence-electron chi connectivity index (χ1n) is 6.51. The topological polar surface area (TPSA) is 24.9 Å². The minimum Gasteiger partial charge on any atom is -0.310 e. The summed E-state index contributed by atoms with van der Waals surface area (Å²) in [5.41, 5.74) is 2.43. The van der Waals surface area contributed by atoms with Gasteiger partial charge in [-0.15, -0.1) is 0 Å². The Labute approximate surface area is 102 Å². The number of hydrogen-bond acceptors (Lipinski definition) is 2. The molecule has 3 rings (SSSR count). The Morgan fingerprint density at radius 3 is 3.06 bits per heavy atom. The average Bonchev–Trinajstić information content (AvgIpc) is 2.67. The molecule has 1 aliphatic heterocycles. The summed E-state index contributed by atoms with van der Waals surface area (Å²) in [6, 6.07) is 11.1. The lowest BCUT2D eigenvalue weighted by Crippen LogP contribution is -2.20. The van der Waals surface area contributed by atoms with Crippen molar-refractivity contribution in [3.8, 4) is 0 Å². The molecule has 1 aromatic heterocycles. The van der Waals surface area contributed by atoms with Crippen LogP contribution in [0.25, 0.3) is 10.9 Å². The second-order valence-corrected chi connectivity index (χ2v) is 4.82. The van der Waals surface area contributed by atoms with Crippen molar-refractivity contribution in [3.63, 3.8) is 0 Å². The largest absolute Gasteiger partial charge is 0.310 e. The number of pyridine rings is 1. The predicted octanol–water partition coefficient (Wildman–Crippen LogP) is 3.44. The van der Waals surface area contributed by atoms with Gasteiger partial charge in [0, 0.05) is 17.6 Å². The van der Waals surface area contributed by atoms with E-state index in [1.165, 1.54) is 36.6 Å². The monoisotopic (exact) mass is 226 g/mol. The molecule has 1 N–H and O–H groups in total. The molecule has 1 saturated heterocycles. The van der Waals surface area contributed by atoms with Crippen LogP contribution in [0.1, 0.15) is 37.3 Å². The van der Waals surface area contributed by atoms with Crippen LogP contribution in [0.3, 0.4) is 0 Å². The third-order valence-electron chi connectivity index (χ3n) is 3.57. The summed E-state index contributed by atoms with van der Waals surface area (Å²) in [5.74, 6) is 0. The normalized spacial score (nSPS) is 21.3. The molecule has 2 heterocycles. The van der Waals surface area contributed by atoms with Crippen LogP contribution in [0.5, 0.6) is 0 Å². The van der Waals surface area contributed by atoms with Gasteiger partial charge in [0.05, 0.1) is 5.52 Å². The highest BCUT2D eigenvalue weighted by molar-refractivity contribution is 5.78. The molecule has 1 atom stereocenters. The van der Waals surface area contributed by atoms with Gasteiger partial charge in [0.2, 0.25) is 0 Å². The second-order valence-electron chi connectivity index (χ2n) is 4.82. The van der Waals surface area contributed by atoms with E-state index < -0.39 is 0 Å². The fraction of sp³-hybridized carbons (Fsp3) is 0.400. The zero-order chi connectivity index (χ0) is 11.5. The summed E-state index contributed by atoms with van der Waals surface area (Å²) in [7, 11) is 0. The molecule has 0 bridgehead atoms. The first kappa shape index (κ1) is 10.7. The second kappa shape index (κ2) is 4.84. The van der Waals surface area contributed by atoms with Crippen LogP contribution in [0, 0.1) is 0 Å². The lowest BCUT2D eigenvalue weighted by molar-refractivity contribution is 0.534. The van der Waals surface area contributed by atoms with Crippen molar-refractivity contribution in [1.29, 1.82) is 0 Å². The van der Waals surface area contributed by atoms with E-state index >= 15 is 0 Å². The highest BCUT2D eigenvalue weighted by Crippen LogP contribution is 2.24. The zero-order valence-corrected chi connectivity index (χ0v) is 10.0. The Kier molecular flexibility index (Phi) is 3.06. The van der Waals surface area contributed by atoms with E-state index in [1.807, 2.05) is 12.3 Å². The first-order chi connectivity index (χ1) is 8.43. The van der Waals surface area contributed by atoms with E-state index in [9.17, 15) is 0 Å². The molecule has 1 fully saturated rings. The van der Waals surface area contributed by atoms with E-state index in [-0.39, 0.29) is 0 Å². The van der Waals surface area contributed by atoms with Crippen molar-refractivity contribution in [2.24, 2.45) is 0 Å². The standard InChI is InChI=1S/C15H18N2/c1-2-7-15(16-9-5-1)13-10-12-6-3-4-8-14(12)17-11-13/h3-4,6,8,10-11,15-16H,1-2,5,7,9H2/t15-/m1/s1. The van der Waals surface area contributed by atoms with Crippen molar-refractivity contribution in [1.82, 2.24) is 10.3 Å². The number of benzene rings is 1. The summed E-state index contributed by atoms with van der Waals surface area (Å²) in [4.78, 5) is 4.55. The third-order valence-corrected chi connectivity index (χ3v) is 3.57. The number of rotatable bonds is 1. The van der Waals surface area contributed by atoms with E-state index in [0.29, 0.717) is 6.04 Å². The van der Waals surface area contributed by atoms with E-state index in [1.54, 1.807) is 0 Å². The molecular weight excluding hydrogens is 208 g/mol. The number of nitrogens with one attached hydrogen (secondary N) is 1. The molecule has 2 heteroatoms. The van der Waals surface area contributed by atoms with Crippen molar-refractivity contribution in [2.75, 3.05) is 6.54 Å². The molecule has 0 aliphatic carbocycles. The van der Waals surface area contributed by atoms with Gasteiger partial charge in [-0.05, 0) is 37.1 Å². The SMILES string of the molecule is c1ccc2ncc([C@H]3CCCCCN3)cc2c1. The Balaban J connectivity index is 1.93. The molecule has 0 unspecified atom stereocenters. The first-order valence-corrected chi connectivity index (χ1v) is 6.51. The lowest BCUT2D eigenvalue weighted by Gasteiger charge is -2.16. The van der Waals surface area contributed by atoms with Crippen molar-refractivity contribution in [2.45, 2.75) is 31.7 Å². The van der Waals surface area contributed by atoms with Gasteiger partial charge in [-0.25, -0.2) is 0 Å². The Morgan fingerprint density at radius 2 is 2.06 bits per heavy atom. The quantitative estimate of drug-likeness (QED) is 0.805. The molecular formula is C15H18N2. The Bertz CT molecular complexity index is 499. The summed E-state index contributed by atoms with van der Waals surface area (Å²) < 4.78 is 0. The van der Waals surface area contributed by atoms with Crippen LogP contribution in [0.4, 0.5) is 0 Å². The number of nitrogens with zero attached hydrogens (tertiary/aromatic N) is 1. The molecule has 0 radical (unpaired) electrons. The number of hydrogen-bond donors (Lipinski definition) is 1. The zero-order valence-electron chi connectivity index (χ0n) is 10.0. The van der Waals surface area contributed by atoms with Crippen LogP contribution >= 0.6 is 0 Å². The highest BCUT2D eigenvalue weighted by atomic mass is 14.9. The van der Waals surface area contributed by atoms with Crippen LogP contribution in [-0.2, 0) is 0 Å². The van der Waals surface area contributed by atoms with Crippen LogP contribution < -0.4 is 5.32 Å². The molecule has 1 aromatic carbocycles. The van der Waals surface area contributed by atoms with Crippen molar-refractivity contribution < 1.29 is 0 Å². The molecule has 88 valence electrons. The van der Waals surface area contributed by atoms with Gasteiger partial charge in [0.15, 0.2) is 0 Å². The van der Waals surface area contributed by atoms with Crippen LogP contribution in [-0.4, -0.2) is 11.5 Å². The van der Waals surface area contributed by atoms with E-state index in [4.69, 9.17) is 0 Å². The van der Waals surface area contributed by atoms with Crippen molar-refractivity contribution in [3.05, 3.63) is 42.1 Å². The maximum Gasteiger partial charge on any atom is 0.0702 e. The van der Waals surface area contributed by atoms with Gasteiger partial charge in [-0.2, -0.15) is 0 Å². The fourth-order valence-electron chi connectivity index (χ4n) is 2.59. The van der Waals surface area contributed by atoms with Crippen LogP contribution in [0.2, 0.25) is 0 Å². The summed E-state index contributed by atoms with van der Waals surface area (Å²) in [6.45, 7) is 1.14. The van der Waals surface area contributed by atoms with Crippen molar-refractivity contribution >= 4 is 10.9 Å². The number of fused-ring (bicyclic) bond motifs is 1. The molecule has 1 aliphatic rings. The smallest absolute Gasteiger partial charge is 0.0702 e. The predicted molar refractivity (Wildman–Crippen MR) is 71.0 cm³/mol. The number of aromatic nitrogens is 1. The molecule has 17 heavy (non-hydrogen) atoms. The fourth-order valence-corrected chi connectivity index (χ4v) is 2.59. The maximum absolute atomic E-state index is 4.55. The molecule has 0 saturated carbocycles. The van der Waals surface area contributed by atoms with E-state index in [2.05, 4.69) is 34.6 Å². The number of para-hydroxylation sites is 1. The molecule has 0 amide bonds. The van der Waals surface area contributed by atoms with Gasteiger partial charge in [0.25, 0.3) is 0 Å². The van der Waals surface area contributed by atoms with Gasteiger partial charge in [-0.1, -0.05) is 31.0 Å².